The van der Waals surface area contributed by atoms with Crippen molar-refractivity contribution in [1.29, 1.82) is 0 Å². The van der Waals surface area contributed by atoms with Gasteiger partial charge in [-0.15, -0.1) is 0 Å². The lowest BCUT2D eigenvalue weighted by Crippen LogP contribution is -2.25. The maximum Gasteiger partial charge on any atom is 0.129 e. The van der Waals surface area contributed by atoms with Gasteiger partial charge in [0, 0.05) is 23.3 Å². The van der Waals surface area contributed by atoms with Gasteiger partial charge < -0.3 is 5.32 Å². The van der Waals surface area contributed by atoms with Crippen LogP contribution in [0.5, 0.6) is 0 Å². The lowest BCUT2D eigenvalue weighted by Gasteiger charge is -2.20. The van der Waals surface area contributed by atoms with E-state index < -0.39 is 0 Å². The molecule has 0 spiro atoms. The fourth-order valence-corrected chi connectivity index (χ4v) is 2.46. The highest BCUT2D eigenvalue weighted by Gasteiger charge is 2.20. The van der Waals surface area contributed by atoms with Crippen LogP contribution in [0.15, 0.2) is 30.5 Å². The van der Waals surface area contributed by atoms with Gasteiger partial charge in [-0.3, -0.25) is 4.68 Å². The van der Waals surface area contributed by atoms with Gasteiger partial charge >= 0.3 is 0 Å². The van der Waals surface area contributed by atoms with Gasteiger partial charge in [-0.25, -0.2) is 4.39 Å². The van der Waals surface area contributed by atoms with Crippen LogP contribution in [0.3, 0.4) is 0 Å². The Morgan fingerprint density at radius 1 is 1.35 bits per heavy atom. The maximum absolute atomic E-state index is 14.2. The fraction of sp³-hybridized carbons (Fsp3) is 0.400. The second kappa shape index (κ2) is 6.86. The molecular weight excluding hydrogens is 277 g/mol. The molecule has 0 radical (unpaired) electrons. The van der Waals surface area contributed by atoms with Crippen molar-refractivity contribution in [3.05, 3.63) is 52.6 Å². The van der Waals surface area contributed by atoms with Gasteiger partial charge in [-0.05, 0) is 31.2 Å². The Morgan fingerprint density at radius 2 is 2.15 bits per heavy atom. The summed E-state index contributed by atoms with van der Waals surface area (Å²) in [5.74, 6) is -0.298. The Hall–Kier alpha value is -1.39. The summed E-state index contributed by atoms with van der Waals surface area (Å²) in [6.45, 7) is 5.65. The Kier molecular flexibility index (Phi) is 5.15. The van der Waals surface area contributed by atoms with Gasteiger partial charge in [0.05, 0.1) is 11.7 Å². The van der Waals surface area contributed by atoms with E-state index in [0.29, 0.717) is 10.6 Å². The van der Waals surface area contributed by atoms with Crippen molar-refractivity contribution in [2.75, 3.05) is 6.54 Å². The van der Waals surface area contributed by atoms with Gasteiger partial charge in [-0.1, -0.05) is 31.5 Å². The third kappa shape index (κ3) is 3.19. The number of nitrogens with zero attached hydrogens (tertiary/aromatic N) is 2. The van der Waals surface area contributed by atoms with E-state index in [2.05, 4.69) is 17.3 Å². The van der Waals surface area contributed by atoms with E-state index in [9.17, 15) is 4.39 Å². The van der Waals surface area contributed by atoms with Crippen molar-refractivity contribution in [2.24, 2.45) is 0 Å². The van der Waals surface area contributed by atoms with E-state index in [1.807, 2.05) is 17.7 Å². The first-order chi connectivity index (χ1) is 9.67. The summed E-state index contributed by atoms with van der Waals surface area (Å²) >= 11 is 5.83. The summed E-state index contributed by atoms with van der Waals surface area (Å²) in [4.78, 5) is 0. The highest BCUT2D eigenvalue weighted by Crippen LogP contribution is 2.26. The van der Waals surface area contributed by atoms with Gasteiger partial charge in [0.15, 0.2) is 0 Å². The minimum atomic E-state index is -0.298. The highest BCUT2D eigenvalue weighted by atomic mass is 35.5. The third-order valence-electron chi connectivity index (χ3n) is 3.16. The molecule has 3 nitrogen and oxygen atoms in total. The first kappa shape index (κ1) is 15.0. The van der Waals surface area contributed by atoms with Crippen molar-refractivity contribution in [3.63, 3.8) is 0 Å². The number of halogens is 2. The SMILES string of the molecule is CCCn1nccc1C(NCC)c1ccc(Cl)cc1F. The molecule has 2 rings (SSSR count). The summed E-state index contributed by atoms with van der Waals surface area (Å²) in [7, 11) is 0. The van der Waals surface area contributed by atoms with E-state index in [1.165, 1.54) is 6.07 Å². The molecule has 1 N–H and O–H groups in total. The smallest absolute Gasteiger partial charge is 0.129 e. The van der Waals surface area contributed by atoms with Crippen LogP contribution >= 0.6 is 11.6 Å². The second-order valence-electron chi connectivity index (χ2n) is 4.64. The van der Waals surface area contributed by atoms with Crippen molar-refractivity contribution in [3.8, 4) is 0 Å². The molecule has 0 amide bonds. The summed E-state index contributed by atoms with van der Waals surface area (Å²) in [5, 5.41) is 8.03. The predicted molar refractivity (Wildman–Crippen MR) is 79.4 cm³/mol. The molecular formula is C15H19ClFN3. The number of rotatable bonds is 6. The van der Waals surface area contributed by atoms with Crippen LogP contribution in [0.25, 0.3) is 0 Å². The van der Waals surface area contributed by atoms with Crippen molar-refractivity contribution in [1.82, 2.24) is 15.1 Å². The van der Waals surface area contributed by atoms with Crippen LogP contribution in [0.4, 0.5) is 4.39 Å². The normalized spacial score (nSPS) is 12.6. The highest BCUT2D eigenvalue weighted by molar-refractivity contribution is 6.30. The van der Waals surface area contributed by atoms with E-state index in [-0.39, 0.29) is 11.9 Å². The van der Waals surface area contributed by atoms with Crippen LogP contribution in [-0.4, -0.2) is 16.3 Å². The molecule has 1 atom stereocenters. The summed E-state index contributed by atoms with van der Waals surface area (Å²) in [6, 6.07) is 6.50. The Labute approximate surface area is 123 Å². The Balaban J connectivity index is 2.42. The molecule has 1 heterocycles. The predicted octanol–water partition coefficient (Wildman–Crippen LogP) is 3.78. The first-order valence-corrected chi connectivity index (χ1v) is 7.25. The summed E-state index contributed by atoms with van der Waals surface area (Å²) < 4.78 is 16.1. The van der Waals surface area contributed by atoms with Crippen molar-refractivity contribution in [2.45, 2.75) is 32.9 Å². The lowest BCUT2D eigenvalue weighted by atomic mass is 10.0. The van der Waals surface area contributed by atoms with E-state index >= 15 is 0 Å². The molecule has 0 bridgehead atoms. The fourth-order valence-electron chi connectivity index (χ4n) is 2.30. The summed E-state index contributed by atoms with van der Waals surface area (Å²) in [5.41, 5.74) is 1.56. The number of hydrogen-bond donors (Lipinski definition) is 1. The quantitative estimate of drug-likeness (QED) is 0.879. The molecule has 108 valence electrons. The largest absolute Gasteiger partial charge is 0.305 e. The van der Waals surface area contributed by atoms with E-state index in [4.69, 9.17) is 11.6 Å². The monoisotopic (exact) mass is 295 g/mol. The molecule has 20 heavy (non-hydrogen) atoms. The molecule has 2 aromatic rings. The number of hydrogen-bond acceptors (Lipinski definition) is 2. The minimum absolute atomic E-state index is 0.216. The van der Waals surface area contributed by atoms with Gasteiger partial charge in [0.2, 0.25) is 0 Å². The standard InChI is InChI=1S/C15H19ClFN3/c1-3-9-20-14(7-8-19-20)15(18-4-2)12-6-5-11(16)10-13(12)17/h5-8,10,15,18H,3-4,9H2,1-2H3. The molecule has 0 saturated heterocycles. The van der Waals surface area contributed by atoms with E-state index in [0.717, 1.165) is 25.2 Å². The summed E-state index contributed by atoms with van der Waals surface area (Å²) in [6.07, 6.45) is 2.74. The Bertz CT molecular complexity index is 568. The molecule has 5 heteroatoms. The molecule has 1 aromatic carbocycles. The maximum atomic E-state index is 14.2. The molecule has 0 aliphatic heterocycles. The van der Waals surface area contributed by atoms with Crippen LogP contribution < -0.4 is 5.32 Å². The lowest BCUT2D eigenvalue weighted by molar-refractivity contribution is 0.502. The molecule has 0 fully saturated rings. The zero-order valence-electron chi connectivity index (χ0n) is 11.7. The van der Waals surface area contributed by atoms with Crippen LogP contribution in [0.1, 0.15) is 37.6 Å². The number of aromatic nitrogens is 2. The average molecular weight is 296 g/mol. The molecule has 1 aromatic heterocycles. The average Bonchev–Trinajstić information content (AvgIpc) is 2.85. The molecule has 0 saturated carbocycles. The number of nitrogens with one attached hydrogen (secondary N) is 1. The van der Waals surface area contributed by atoms with Crippen LogP contribution in [0, 0.1) is 5.82 Å². The van der Waals surface area contributed by atoms with Crippen molar-refractivity contribution < 1.29 is 4.39 Å². The van der Waals surface area contributed by atoms with Crippen LogP contribution in [-0.2, 0) is 6.54 Å². The Morgan fingerprint density at radius 3 is 2.80 bits per heavy atom. The second-order valence-corrected chi connectivity index (χ2v) is 5.07. The van der Waals surface area contributed by atoms with Crippen LogP contribution in [0.2, 0.25) is 5.02 Å². The van der Waals surface area contributed by atoms with Gasteiger partial charge in [0.25, 0.3) is 0 Å². The minimum Gasteiger partial charge on any atom is -0.305 e. The van der Waals surface area contributed by atoms with Gasteiger partial charge in [0.1, 0.15) is 5.82 Å². The van der Waals surface area contributed by atoms with Gasteiger partial charge in [-0.2, -0.15) is 5.10 Å². The molecule has 0 aliphatic rings. The first-order valence-electron chi connectivity index (χ1n) is 6.87. The van der Waals surface area contributed by atoms with E-state index in [1.54, 1.807) is 18.3 Å². The molecule has 1 unspecified atom stereocenters. The third-order valence-corrected chi connectivity index (χ3v) is 3.40. The number of benzene rings is 1. The zero-order chi connectivity index (χ0) is 14.5. The number of aryl methyl sites for hydroxylation is 1. The topological polar surface area (TPSA) is 29.9 Å². The van der Waals surface area contributed by atoms with Crippen molar-refractivity contribution >= 4 is 11.6 Å². The zero-order valence-corrected chi connectivity index (χ0v) is 12.5. The molecule has 0 aliphatic carbocycles.